The van der Waals surface area contributed by atoms with Gasteiger partial charge in [-0.25, -0.2) is 13.2 Å². The fourth-order valence-electron chi connectivity index (χ4n) is 2.94. The molecule has 1 saturated heterocycles. The number of benzene rings is 1. The fraction of sp³-hybridized carbons (Fsp3) is 0.333. The predicted octanol–water partition coefficient (Wildman–Crippen LogP) is 2.96. The number of sulfonamides is 1. The Morgan fingerprint density at radius 3 is 2.59 bits per heavy atom. The fourth-order valence-corrected chi connectivity index (χ4v) is 5.75. The van der Waals surface area contributed by atoms with Gasteiger partial charge in [0, 0.05) is 18.8 Å². The molecule has 1 aliphatic rings. The van der Waals surface area contributed by atoms with E-state index in [0.29, 0.717) is 24.3 Å². The first kappa shape index (κ1) is 19.5. The molecular weight excluding hydrogens is 388 g/mol. The topological polar surface area (TPSA) is 92.8 Å². The molecule has 7 nitrogen and oxygen atoms in total. The summed E-state index contributed by atoms with van der Waals surface area (Å²) < 4.78 is 31.9. The number of carbonyl (C=O) groups excluding carboxylic acids is 2. The average Bonchev–Trinajstić information content (AvgIpc) is 3.19. The second-order valence-electron chi connectivity index (χ2n) is 6.11. The normalized spacial score (nSPS) is 15.3. The van der Waals surface area contributed by atoms with E-state index < -0.39 is 21.9 Å². The maximum absolute atomic E-state index is 12.9. The Morgan fingerprint density at radius 1 is 1.15 bits per heavy atom. The molecule has 0 atom stereocenters. The zero-order valence-electron chi connectivity index (χ0n) is 14.8. The van der Waals surface area contributed by atoms with E-state index >= 15 is 0 Å². The van der Waals surface area contributed by atoms with E-state index in [1.54, 1.807) is 23.6 Å². The van der Waals surface area contributed by atoms with E-state index in [2.05, 4.69) is 10.1 Å². The van der Waals surface area contributed by atoms with Gasteiger partial charge in [0.05, 0.1) is 12.7 Å². The van der Waals surface area contributed by atoms with Gasteiger partial charge in [0.2, 0.25) is 10.0 Å². The number of carbonyl (C=O) groups is 2. The Kier molecular flexibility index (Phi) is 5.93. The van der Waals surface area contributed by atoms with Crippen LogP contribution >= 0.6 is 11.3 Å². The first-order valence-corrected chi connectivity index (χ1v) is 10.8. The summed E-state index contributed by atoms with van der Waals surface area (Å²) >= 11 is 1.07. The van der Waals surface area contributed by atoms with Crippen LogP contribution < -0.4 is 5.32 Å². The Labute approximate surface area is 162 Å². The molecule has 0 aliphatic carbocycles. The smallest absolute Gasteiger partial charge is 0.337 e. The van der Waals surface area contributed by atoms with E-state index in [0.717, 1.165) is 30.6 Å². The van der Waals surface area contributed by atoms with Crippen LogP contribution in [0.5, 0.6) is 0 Å². The molecule has 0 spiro atoms. The predicted molar refractivity (Wildman–Crippen MR) is 103 cm³/mol. The van der Waals surface area contributed by atoms with Crippen LogP contribution in [0.25, 0.3) is 0 Å². The molecular formula is C18H20N2O5S2. The average molecular weight is 409 g/mol. The highest BCUT2D eigenvalue weighted by molar-refractivity contribution is 7.89. The lowest BCUT2D eigenvalue weighted by Gasteiger charge is -2.25. The molecule has 0 bridgehead atoms. The second-order valence-corrected chi connectivity index (χ2v) is 8.93. The molecule has 1 amide bonds. The van der Waals surface area contributed by atoms with Crippen molar-refractivity contribution < 1.29 is 22.7 Å². The lowest BCUT2D eigenvalue weighted by molar-refractivity contribution is 0.0600. The molecule has 1 N–H and O–H groups in total. The zero-order chi connectivity index (χ0) is 19.4. The molecule has 1 fully saturated rings. The molecule has 0 saturated carbocycles. The number of amides is 1. The summed E-state index contributed by atoms with van der Waals surface area (Å²) in [5, 5.41) is 4.25. The third kappa shape index (κ3) is 4.20. The summed E-state index contributed by atoms with van der Waals surface area (Å²) in [4.78, 5) is 24.5. The molecule has 3 rings (SSSR count). The van der Waals surface area contributed by atoms with Crippen molar-refractivity contribution >= 4 is 38.9 Å². The van der Waals surface area contributed by atoms with Crippen LogP contribution in [0.15, 0.2) is 40.6 Å². The molecule has 1 aromatic heterocycles. The van der Waals surface area contributed by atoms with Crippen molar-refractivity contribution in [2.75, 3.05) is 25.5 Å². The third-order valence-electron chi connectivity index (χ3n) is 4.31. The molecule has 2 heterocycles. The van der Waals surface area contributed by atoms with Crippen molar-refractivity contribution in [3.8, 4) is 0 Å². The van der Waals surface area contributed by atoms with E-state index in [4.69, 9.17) is 0 Å². The highest BCUT2D eigenvalue weighted by atomic mass is 32.2. The minimum atomic E-state index is -3.70. The van der Waals surface area contributed by atoms with Gasteiger partial charge in [0.1, 0.15) is 9.77 Å². The van der Waals surface area contributed by atoms with Crippen LogP contribution in [0.1, 0.15) is 39.3 Å². The SMILES string of the molecule is COC(=O)c1cccc(NC(=O)c2sccc2S(=O)(=O)N2CCCCC2)c1. The minimum absolute atomic E-state index is 0.0241. The first-order chi connectivity index (χ1) is 12.9. The van der Waals surface area contributed by atoms with Gasteiger partial charge in [0.15, 0.2) is 0 Å². The van der Waals surface area contributed by atoms with Gasteiger partial charge in [-0.1, -0.05) is 12.5 Å². The van der Waals surface area contributed by atoms with Crippen molar-refractivity contribution in [3.63, 3.8) is 0 Å². The van der Waals surface area contributed by atoms with Gasteiger partial charge >= 0.3 is 5.97 Å². The number of nitrogens with zero attached hydrogens (tertiary/aromatic N) is 1. The minimum Gasteiger partial charge on any atom is -0.465 e. The quantitative estimate of drug-likeness (QED) is 0.768. The van der Waals surface area contributed by atoms with Gasteiger partial charge in [-0.3, -0.25) is 4.79 Å². The lowest BCUT2D eigenvalue weighted by atomic mass is 10.2. The molecule has 9 heteroatoms. The maximum atomic E-state index is 12.9. The summed E-state index contributed by atoms with van der Waals surface area (Å²) in [6.45, 7) is 0.945. The molecule has 1 aliphatic heterocycles. The molecule has 144 valence electrons. The summed E-state index contributed by atoms with van der Waals surface area (Å²) in [7, 11) is -2.43. The number of piperidine rings is 1. The van der Waals surface area contributed by atoms with Crippen LogP contribution in [-0.2, 0) is 14.8 Å². The van der Waals surface area contributed by atoms with E-state index in [9.17, 15) is 18.0 Å². The third-order valence-corrected chi connectivity index (χ3v) is 7.29. The number of ether oxygens (including phenoxy) is 1. The van der Waals surface area contributed by atoms with Crippen LogP contribution in [-0.4, -0.2) is 44.8 Å². The summed E-state index contributed by atoms with van der Waals surface area (Å²) in [6.07, 6.45) is 2.66. The van der Waals surface area contributed by atoms with Gasteiger partial charge < -0.3 is 10.1 Å². The monoisotopic (exact) mass is 408 g/mol. The molecule has 0 unspecified atom stereocenters. The van der Waals surface area contributed by atoms with Crippen molar-refractivity contribution in [2.45, 2.75) is 24.2 Å². The number of esters is 1. The number of rotatable bonds is 5. The lowest BCUT2D eigenvalue weighted by Crippen LogP contribution is -2.36. The van der Waals surface area contributed by atoms with E-state index in [-0.39, 0.29) is 9.77 Å². The number of hydrogen-bond donors (Lipinski definition) is 1. The molecule has 0 radical (unpaired) electrons. The number of thiophene rings is 1. The van der Waals surface area contributed by atoms with Gasteiger partial charge in [-0.2, -0.15) is 4.31 Å². The molecule has 2 aromatic rings. The van der Waals surface area contributed by atoms with Crippen molar-refractivity contribution in [1.29, 1.82) is 0 Å². The Hall–Kier alpha value is -2.23. The first-order valence-electron chi connectivity index (χ1n) is 8.51. The van der Waals surface area contributed by atoms with E-state index in [1.807, 2.05) is 0 Å². The number of hydrogen-bond acceptors (Lipinski definition) is 6. The highest BCUT2D eigenvalue weighted by Crippen LogP contribution is 2.28. The number of anilines is 1. The van der Waals surface area contributed by atoms with Crippen LogP contribution in [0.3, 0.4) is 0 Å². The largest absolute Gasteiger partial charge is 0.465 e. The standard InChI is InChI=1S/C18H20N2O5S2/c1-25-18(22)13-6-5-7-14(12-13)19-17(21)16-15(8-11-26-16)27(23,24)20-9-3-2-4-10-20/h5-8,11-12H,2-4,9-10H2,1H3,(H,19,21). The Bertz CT molecular complexity index is 946. The van der Waals surface area contributed by atoms with Crippen LogP contribution in [0.4, 0.5) is 5.69 Å². The molecule has 27 heavy (non-hydrogen) atoms. The highest BCUT2D eigenvalue weighted by Gasteiger charge is 2.31. The number of nitrogens with one attached hydrogen (secondary N) is 1. The zero-order valence-corrected chi connectivity index (χ0v) is 16.4. The van der Waals surface area contributed by atoms with Crippen LogP contribution in [0, 0.1) is 0 Å². The maximum Gasteiger partial charge on any atom is 0.337 e. The van der Waals surface area contributed by atoms with Gasteiger partial charge in [-0.05, 0) is 42.5 Å². The Balaban J connectivity index is 1.83. The van der Waals surface area contributed by atoms with E-state index in [1.165, 1.54) is 23.5 Å². The van der Waals surface area contributed by atoms with Crippen molar-refractivity contribution in [1.82, 2.24) is 4.31 Å². The summed E-state index contributed by atoms with van der Waals surface area (Å²) in [6, 6.07) is 7.75. The van der Waals surface area contributed by atoms with Crippen LogP contribution in [0.2, 0.25) is 0 Å². The number of methoxy groups -OCH3 is 1. The molecule has 1 aromatic carbocycles. The summed E-state index contributed by atoms with van der Waals surface area (Å²) in [5.74, 6) is -1.04. The second kappa shape index (κ2) is 8.20. The van der Waals surface area contributed by atoms with Crippen molar-refractivity contribution in [3.05, 3.63) is 46.2 Å². The Morgan fingerprint density at radius 2 is 1.89 bits per heavy atom. The van der Waals surface area contributed by atoms with Crippen molar-refractivity contribution in [2.24, 2.45) is 0 Å². The van der Waals surface area contributed by atoms with Gasteiger partial charge in [-0.15, -0.1) is 11.3 Å². The summed E-state index contributed by atoms with van der Waals surface area (Å²) in [5.41, 5.74) is 0.681. The van der Waals surface area contributed by atoms with Gasteiger partial charge in [0.25, 0.3) is 5.91 Å².